The van der Waals surface area contributed by atoms with Crippen molar-refractivity contribution in [3.8, 4) is 0 Å². The number of hydrogen-bond acceptors (Lipinski definition) is 5. The maximum atomic E-state index is 12.0. The summed E-state index contributed by atoms with van der Waals surface area (Å²) in [4.78, 5) is 35.5. The molecular formula is C15H18O6. The third-order valence-electron chi connectivity index (χ3n) is 2.84. The number of ether oxygens (including phenoxy) is 2. The van der Waals surface area contributed by atoms with Crippen molar-refractivity contribution in [3.63, 3.8) is 0 Å². The lowest BCUT2D eigenvalue weighted by molar-refractivity contribution is -0.166. The molecule has 0 aliphatic rings. The number of carbonyl (C=O) groups excluding carboxylic acids is 2. The van der Waals surface area contributed by atoms with Crippen molar-refractivity contribution in [2.45, 2.75) is 19.8 Å². The van der Waals surface area contributed by atoms with E-state index in [2.05, 4.69) is 0 Å². The number of benzene rings is 1. The van der Waals surface area contributed by atoms with Crippen molar-refractivity contribution in [3.05, 3.63) is 35.9 Å². The molecule has 6 nitrogen and oxygen atoms in total. The van der Waals surface area contributed by atoms with E-state index in [-0.39, 0.29) is 13.2 Å². The first kappa shape index (κ1) is 16.7. The highest BCUT2D eigenvalue weighted by Crippen LogP contribution is 2.27. The molecule has 0 saturated heterocycles. The monoisotopic (exact) mass is 294 g/mol. The zero-order valence-corrected chi connectivity index (χ0v) is 11.9. The molecule has 0 bridgehead atoms. The Morgan fingerprint density at radius 1 is 1.00 bits per heavy atom. The van der Waals surface area contributed by atoms with Crippen LogP contribution in [0.25, 0.3) is 0 Å². The summed E-state index contributed by atoms with van der Waals surface area (Å²) in [5.41, 5.74) is 0.344. The van der Waals surface area contributed by atoms with Gasteiger partial charge in [0.15, 0.2) is 5.92 Å². The SMILES string of the molecule is CCOC(=O)C(C(=O)OCC)C(C(=O)O)c1ccccc1. The molecule has 1 atom stereocenters. The van der Waals surface area contributed by atoms with Crippen LogP contribution in [0.3, 0.4) is 0 Å². The van der Waals surface area contributed by atoms with Crippen LogP contribution < -0.4 is 0 Å². The Labute approximate surface area is 122 Å². The predicted molar refractivity (Wildman–Crippen MR) is 73.6 cm³/mol. The van der Waals surface area contributed by atoms with Crippen LogP contribution in [0.15, 0.2) is 30.3 Å². The third-order valence-corrected chi connectivity index (χ3v) is 2.84. The van der Waals surface area contributed by atoms with Crippen LogP contribution in [-0.2, 0) is 23.9 Å². The van der Waals surface area contributed by atoms with E-state index in [1.807, 2.05) is 0 Å². The largest absolute Gasteiger partial charge is 0.481 e. The Balaban J connectivity index is 3.21. The maximum absolute atomic E-state index is 12.0. The summed E-state index contributed by atoms with van der Waals surface area (Å²) in [5.74, 6) is -5.94. The zero-order chi connectivity index (χ0) is 15.8. The molecule has 21 heavy (non-hydrogen) atoms. The Morgan fingerprint density at radius 2 is 1.48 bits per heavy atom. The Morgan fingerprint density at radius 3 is 1.86 bits per heavy atom. The van der Waals surface area contributed by atoms with Crippen LogP contribution in [0.1, 0.15) is 25.3 Å². The molecule has 0 aromatic heterocycles. The lowest BCUT2D eigenvalue weighted by atomic mass is 9.86. The quantitative estimate of drug-likeness (QED) is 0.607. The summed E-state index contributed by atoms with van der Waals surface area (Å²) in [6, 6.07) is 8.08. The van der Waals surface area contributed by atoms with Gasteiger partial charge in [0.05, 0.1) is 13.2 Å². The second kappa shape index (κ2) is 8.04. The molecule has 0 aliphatic heterocycles. The molecule has 1 rings (SSSR count). The van der Waals surface area contributed by atoms with Crippen LogP contribution in [0.5, 0.6) is 0 Å². The van der Waals surface area contributed by atoms with Crippen molar-refractivity contribution in [2.75, 3.05) is 13.2 Å². The van der Waals surface area contributed by atoms with Gasteiger partial charge in [0.25, 0.3) is 0 Å². The van der Waals surface area contributed by atoms with Gasteiger partial charge in [-0.05, 0) is 19.4 Å². The Bertz CT molecular complexity index is 478. The highest BCUT2D eigenvalue weighted by molar-refractivity contribution is 6.00. The number of esters is 2. The minimum atomic E-state index is -1.52. The van der Waals surface area contributed by atoms with Gasteiger partial charge in [-0.15, -0.1) is 0 Å². The van der Waals surface area contributed by atoms with Crippen LogP contribution in [0, 0.1) is 5.92 Å². The fourth-order valence-electron chi connectivity index (χ4n) is 1.97. The first-order valence-corrected chi connectivity index (χ1v) is 6.63. The Kier molecular flexibility index (Phi) is 6.39. The summed E-state index contributed by atoms with van der Waals surface area (Å²) in [6.07, 6.45) is 0. The van der Waals surface area contributed by atoms with Gasteiger partial charge in [-0.1, -0.05) is 30.3 Å². The van der Waals surface area contributed by atoms with Crippen LogP contribution >= 0.6 is 0 Å². The van der Waals surface area contributed by atoms with E-state index in [9.17, 15) is 19.5 Å². The molecule has 1 aromatic rings. The summed E-state index contributed by atoms with van der Waals surface area (Å²) in [5, 5.41) is 9.42. The molecule has 1 aromatic carbocycles. The molecule has 0 amide bonds. The second-order valence-corrected chi connectivity index (χ2v) is 4.21. The van der Waals surface area contributed by atoms with E-state index in [0.29, 0.717) is 5.56 Å². The fourth-order valence-corrected chi connectivity index (χ4v) is 1.97. The predicted octanol–water partition coefficient (Wildman–Crippen LogP) is 1.60. The zero-order valence-electron chi connectivity index (χ0n) is 11.9. The normalized spacial score (nSPS) is 11.8. The second-order valence-electron chi connectivity index (χ2n) is 4.21. The highest BCUT2D eigenvalue weighted by Gasteiger charge is 2.42. The molecule has 0 aliphatic carbocycles. The van der Waals surface area contributed by atoms with Gasteiger partial charge in [-0.2, -0.15) is 0 Å². The van der Waals surface area contributed by atoms with E-state index < -0.39 is 29.7 Å². The lowest BCUT2D eigenvalue weighted by Gasteiger charge is -2.21. The summed E-state index contributed by atoms with van der Waals surface area (Å²) >= 11 is 0. The summed E-state index contributed by atoms with van der Waals surface area (Å²) < 4.78 is 9.64. The number of carboxylic acids is 1. The van der Waals surface area contributed by atoms with Gasteiger partial charge < -0.3 is 14.6 Å². The molecule has 0 saturated carbocycles. The molecule has 0 heterocycles. The minimum Gasteiger partial charge on any atom is -0.481 e. The lowest BCUT2D eigenvalue weighted by Crippen LogP contribution is -2.37. The third kappa shape index (κ3) is 4.30. The van der Waals surface area contributed by atoms with E-state index in [0.717, 1.165) is 0 Å². The van der Waals surface area contributed by atoms with E-state index in [4.69, 9.17) is 9.47 Å². The van der Waals surface area contributed by atoms with Gasteiger partial charge in [-0.25, -0.2) is 0 Å². The molecule has 6 heteroatoms. The van der Waals surface area contributed by atoms with Crippen molar-refractivity contribution in [1.29, 1.82) is 0 Å². The van der Waals surface area contributed by atoms with E-state index in [1.54, 1.807) is 44.2 Å². The van der Waals surface area contributed by atoms with Crippen molar-refractivity contribution < 1.29 is 29.0 Å². The standard InChI is InChI=1S/C15H18O6/c1-3-20-14(18)12(15(19)21-4-2)11(13(16)17)10-8-6-5-7-9-10/h5-9,11-12H,3-4H2,1-2H3,(H,16,17). The number of carbonyl (C=O) groups is 3. The number of hydrogen-bond donors (Lipinski definition) is 1. The van der Waals surface area contributed by atoms with Crippen LogP contribution in [0.2, 0.25) is 0 Å². The Hall–Kier alpha value is -2.37. The minimum absolute atomic E-state index is 0.0515. The van der Waals surface area contributed by atoms with E-state index in [1.165, 1.54) is 0 Å². The topological polar surface area (TPSA) is 89.9 Å². The first-order chi connectivity index (χ1) is 10.0. The molecule has 1 N–H and O–H groups in total. The van der Waals surface area contributed by atoms with Crippen LogP contribution in [-0.4, -0.2) is 36.2 Å². The fraction of sp³-hybridized carbons (Fsp3) is 0.400. The van der Waals surface area contributed by atoms with Crippen molar-refractivity contribution in [2.24, 2.45) is 5.92 Å². The highest BCUT2D eigenvalue weighted by atomic mass is 16.6. The molecule has 1 unspecified atom stereocenters. The first-order valence-electron chi connectivity index (χ1n) is 6.63. The average Bonchev–Trinajstić information content (AvgIpc) is 2.45. The number of carboxylic acid groups (broad SMARTS) is 1. The molecule has 0 radical (unpaired) electrons. The number of aliphatic carboxylic acids is 1. The van der Waals surface area contributed by atoms with Crippen molar-refractivity contribution >= 4 is 17.9 Å². The van der Waals surface area contributed by atoms with E-state index >= 15 is 0 Å². The van der Waals surface area contributed by atoms with Gasteiger partial charge in [0, 0.05) is 0 Å². The smallest absolute Gasteiger partial charge is 0.321 e. The van der Waals surface area contributed by atoms with Gasteiger partial charge in [-0.3, -0.25) is 14.4 Å². The number of rotatable bonds is 7. The van der Waals surface area contributed by atoms with Gasteiger partial charge in [0.2, 0.25) is 0 Å². The maximum Gasteiger partial charge on any atom is 0.321 e. The summed E-state index contributed by atoms with van der Waals surface area (Å²) in [6.45, 7) is 3.27. The van der Waals surface area contributed by atoms with Crippen LogP contribution in [0.4, 0.5) is 0 Å². The molecule has 0 fully saturated rings. The van der Waals surface area contributed by atoms with Crippen molar-refractivity contribution in [1.82, 2.24) is 0 Å². The molecule has 0 spiro atoms. The molecular weight excluding hydrogens is 276 g/mol. The van der Waals surface area contributed by atoms with Gasteiger partial charge in [0.1, 0.15) is 5.92 Å². The summed E-state index contributed by atoms with van der Waals surface area (Å²) in [7, 11) is 0. The average molecular weight is 294 g/mol. The van der Waals surface area contributed by atoms with Gasteiger partial charge >= 0.3 is 17.9 Å². The molecule has 114 valence electrons.